The first kappa shape index (κ1) is 37.4. The number of hydrogen-bond donors (Lipinski definition) is 3. The van der Waals surface area contributed by atoms with Gasteiger partial charge in [-0.05, 0) is 70.8 Å². The van der Waals surface area contributed by atoms with E-state index in [1.54, 1.807) is 66.7 Å². The molecule has 0 fully saturated rings. The fourth-order valence-corrected chi connectivity index (χ4v) is 5.39. The van der Waals surface area contributed by atoms with Crippen molar-refractivity contribution in [3.63, 3.8) is 0 Å². The summed E-state index contributed by atoms with van der Waals surface area (Å²) in [6.45, 7) is 3.77. The van der Waals surface area contributed by atoms with E-state index in [0.717, 1.165) is 0 Å². The van der Waals surface area contributed by atoms with Crippen LogP contribution in [-0.2, 0) is 0 Å². The summed E-state index contributed by atoms with van der Waals surface area (Å²) in [6.07, 6.45) is -0.650. The lowest BCUT2D eigenvalue weighted by molar-refractivity contribution is 0.0935. The summed E-state index contributed by atoms with van der Waals surface area (Å²) in [7, 11) is 6.08. The SMILES string of the molecule is CC.COc1ccc(-c2cc(-c3cc(OC)c(OC)c(OC)c3)no2)cc1ONCOc1ccc(C2NC(=O)c3ccccc3N2)cc1C(=O)N=[N+]=[N-]. The fourth-order valence-electron chi connectivity index (χ4n) is 5.39. The van der Waals surface area contributed by atoms with Gasteiger partial charge in [0.15, 0.2) is 35.5 Å². The molecule has 53 heavy (non-hydrogen) atoms. The molecule has 0 spiro atoms. The van der Waals surface area contributed by atoms with Gasteiger partial charge in [-0.2, -0.15) is 0 Å². The number of para-hydroxylation sites is 1. The van der Waals surface area contributed by atoms with E-state index in [1.807, 2.05) is 13.8 Å². The number of fused-ring (bicyclic) bond motifs is 1. The summed E-state index contributed by atoms with van der Waals surface area (Å²) >= 11 is 0. The minimum atomic E-state index is -0.870. The van der Waals surface area contributed by atoms with Crippen LogP contribution in [-0.4, -0.2) is 52.1 Å². The highest BCUT2D eigenvalue weighted by molar-refractivity contribution is 6.02. The van der Waals surface area contributed by atoms with Crippen LogP contribution in [0.4, 0.5) is 5.69 Å². The first-order chi connectivity index (χ1) is 25.9. The number of nitrogens with one attached hydrogen (secondary N) is 3. The molecule has 1 atom stereocenters. The molecular weight excluding hydrogens is 686 g/mol. The predicted octanol–water partition coefficient (Wildman–Crippen LogP) is 7.29. The molecule has 3 N–H and O–H groups in total. The summed E-state index contributed by atoms with van der Waals surface area (Å²) in [5.74, 6) is 1.49. The van der Waals surface area contributed by atoms with Crippen molar-refractivity contribution in [3.8, 4) is 57.1 Å². The Hall–Kier alpha value is -6.90. The Balaban J connectivity index is 0.00000266. The molecule has 1 aromatic heterocycles. The van der Waals surface area contributed by atoms with Gasteiger partial charge in [-0.25, -0.2) is 0 Å². The number of anilines is 1. The lowest BCUT2D eigenvalue weighted by Gasteiger charge is -2.28. The fraction of sp³-hybridized carbons (Fsp3) is 0.216. The van der Waals surface area contributed by atoms with E-state index in [4.69, 9.17) is 38.6 Å². The van der Waals surface area contributed by atoms with Crippen molar-refractivity contribution in [3.05, 3.63) is 106 Å². The van der Waals surface area contributed by atoms with Crippen molar-refractivity contribution in [2.24, 2.45) is 5.11 Å². The molecular formula is C37H37N7O9. The maximum absolute atomic E-state index is 12.7. The summed E-state index contributed by atoms with van der Waals surface area (Å²) in [4.78, 5) is 33.8. The van der Waals surface area contributed by atoms with Gasteiger partial charge in [0.25, 0.3) is 11.8 Å². The molecule has 16 nitrogen and oxygen atoms in total. The van der Waals surface area contributed by atoms with Crippen LogP contribution in [0.3, 0.4) is 0 Å². The third kappa shape index (κ3) is 8.20. The molecule has 0 bridgehead atoms. The van der Waals surface area contributed by atoms with Crippen molar-refractivity contribution < 1.29 is 42.6 Å². The molecule has 0 aliphatic carbocycles. The van der Waals surface area contributed by atoms with Crippen molar-refractivity contribution >= 4 is 17.5 Å². The number of rotatable bonds is 13. The van der Waals surface area contributed by atoms with Crippen LogP contribution < -0.4 is 44.6 Å². The second-order valence-corrected chi connectivity index (χ2v) is 10.7. The van der Waals surface area contributed by atoms with Crippen molar-refractivity contribution in [2.45, 2.75) is 20.0 Å². The number of carbonyl (C=O) groups is 2. The highest BCUT2D eigenvalue weighted by Gasteiger charge is 2.26. The minimum absolute atomic E-state index is 0.0187. The van der Waals surface area contributed by atoms with Crippen LogP contribution >= 0.6 is 0 Å². The molecule has 0 radical (unpaired) electrons. The van der Waals surface area contributed by atoms with Gasteiger partial charge in [0, 0.05) is 27.8 Å². The van der Waals surface area contributed by atoms with Crippen molar-refractivity contribution in [2.75, 3.05) is 40.5 Å². The van der Waals surface area contributed by atoms with Gasteiger partial charge in [-0.1, -0.05) is 37.2 Å². The second-order valence-electron chi connectivity index (χ2n) is 10.7. The maximum Gasteiger partial charge on any atom is 0.255 e. The van der Waals surface area contributed by atoms with Crippen molar-refractivity contribution in [1.82, 2.24) is 16.0 Å². The maximum atomic E-state index is 12.7. The zero-order valence-electron chi connectivity index (χ0n) is 29.8. The Morgan fingerprint density at radius 1 is 0.849 bits per heavy atom. The molecule has 2 heterocycles. The van der Waals surface area contributed by atoms with E-state index in [0.29, 0.717) is 68.1 Å². The number of hydrogen-bond acceptors (Lipinski definition) is 12. The zero-order chi connectivity index (χ0) is 37.9. The third-order valence-electron chi connectivity index (χ3n) is 7.84. The molecule has 1 unspecified atom stereocenters. The van der Waals surface area contributed by atoms with Crippen LogP contribution in [0.25, 0.3) is 33.0 Å². The number of benzene rings is 4. The number of hydroxylamine groups is 1. The van der Waals surface area contributed by atoms with E-state index < -0.39 is 12.1 Å². The summed E-state index contributed by atoms with van der Waals surface area (Å²) in [5.41, 5.74) is 15.1. The van der Waals surface area contributed by atoms with Gasteiger partial charge in [0.05, 0.1) is 39.6 Å². The average molecular weight is 724 g/mol. The zero-order valence-corrected chi connectivity index (χ0v) is 29.8. The monoisotopic (exact) mass is 723 g/mol. The lowest BCUT2D eigenvalue weighted by Crippen LogP contribution is -2.38. The van der Waals surface area contributed by atoms with Gasteiger partial charge in [0.2, 0.25) is 5.75 Å². The topological polar surface area (TPSA) is 200 Å². The Labute approximate surface area is 304 Å². The van der Waals surface area contributed by atoms with Crippen LogP contribution in [0.15, 0.2) is 88.5 Å². The molecule has 5 aromatic rings. The third-order valence-corrected chi connectivity index (χ3v) is 7.84. The minimum Gasteiger partial charge on any atom is -0.493 e. The van der Waals surface area contributed by atoms with Crippen LogP contribution in [0, 0.1) is 0 Å². The second kappa shape index (κ2) is 17.4. The first-order valence-corrected chi connectivity index (χ1v) is 16.2. The van der Waals surface area contributed by atoms with Gasteiger partial charge in [0.1, 0.15) is 17.6 Å². The smallest absolute Gasteiger partial charge is 0.255 e. The normalized spacial score (nSPS) is 12.7. The first-order valence-electron chi connectivity index (χ1n) is 16.2. The van der Waals surface area contributed by atoms with Crippen LogP contribution in [0.2, 0.25) is 0 Å². The predicted molar refractivity (Wildman–Crippen MR) is 194 cm³/mol. The van der Waals surface area contributed by atoms with Crippen LogP contribution in [0.5, 0.6) is 34.5 Å². The van der Waals surface area contributed by atoms with E-state index in [-0.39, 0.29) is 24.0 Å². The molecule has 274 valence electrons. The standard InChI is InChI=1S/C35H31N7O9.C2H6/c1-45-27-12-9-19(28-17-25(41-51-28)21-15-30(46-2)32(48-4)31(16-21)47-3)14-29(27)50-37-18-49-26-11-10-20(13-23(26)35(44)40-42-36)33-38-24-8-6-5-7-22(24)34(43)39-33;1-2/h5-17,33,37-38H,18H2,1-4H3,(H,39,43);1-2H3. The largest absolute Gasteiger partial charge is 0.493 e. The van der Waals surface area contributed by atoms with Gasteiger partial charge < -0.3 is 43.7 Å². The van der Waals surface area contributed by atoms with Crippen LogP contribution in [0.1, 0.15) is 46.3 Å². The molecule has 1 aliphatic rings. The highest BCUT2D eigenvalue weighted by atomic mass is 16.7. The number of carbonyl (C=O) groups excluding carboxylic acids is 2. The van der Waals surface area contributed by atoms with Gasteiger partial charge in [-0.15, -0.1) is 5.48 Å². The Kier molecular flexibility index (Phi) is 12.2. The average Bonchev–Trinajstić information content (AvgIpc) is 3.70. The molecule has 6 rings (SSSR count). The summed E-state index contributed by atoms with van der Waals surface area (Å²) in [5, 5.41) is 13.5. The molecule has 1 aliphatic heterocycles. The number of azide groups is 1. The molecule has 0 saturated carbocycles. The Morgan fingerprint density at radius 2 is 1.55 bits per heavy atom. The quantitative estimate of drug-likeness (QED) is 0.0274. The molecule has 2 amide bonds. The van der Waals surface area contributed by atoms with Gasteiger partial charge in [-0.3, -0.25) is 9.59 Å². The van der Waals surface area contributed by atoms with E-state index in [2.05, 4.69) is 31.3 Å². The summed E-state index contributed by atoms with van der Waals surface area (Å²) < 4.78 is 33.2. The highest BCUT2D eigenvalue weighted by Crippen LogP contribution is 2.42. The molecule has 0 saturated heterocycles. The Morgan fingerprint density at radius 3 is 2.25 bits per heavy atom. The van der Waals surface area contributed by atoms with E-state index in [9.17, 15) is 9.59 Å². The molecule has 16 heteroatoms. The van der Waals surface area contributed by atoms with E-state index in [1.165, 1.54) is 40.6 Å². The Bertz CT molecular complexity index is 2120. The number of methoxy groups -OCH3 is 4. The van der Waals surface area contributed by atoms with Gasteiger partial charge >= 0.3 is 0 Å². The number of nitrogens with zero attached hydrogens (tertiary/aromatic N) is 4. The summed E-state index contributed by atoms with van der Waals surface area (Å²) in [6, 6.07) is 22.2. The van der Waals surface area contributed by atoms with Crippen molar-refractivity contribution in [1.29, 1.82) is 0 Å². The number of aromatic nitrogens is 1. The number of ether oxygens (including phenoxy) is 5. The lowest BCUT2D eigenvalue weighted by atomic mass is 10.0. The molecule has 4 aromatic carbocycles. The van der Waals surface area contributed by atoms with E-state index >= 15 is 0 Å². The number of amides is 2.